The van der Waals surface area contributed by atoms with Crippen molar-refractivity contribution in [2.75, 3.05) is 0 Å². The Kier molecular flexibility index (Phi) is 1.68. The number of phenols is 2. The maximum atomic E-state index is 9.48. The monoisotopic (exact) mass is 164 g/mol. The molecule has 0 aliphatic heterocycles. The van der Waals surface area contributed by atoms with Crippen LogP contribution in [0.1, 0.15) is 30.7 Å². The van der Waals surface area contributed by atoms with Crippen LogP contribution in [0, 0.1) is 0 Å². The highest BCUT2D eigenvalue weighted by Crippen LogP contribution is 2.43. The van der Waals surface area contributed by atoms with Gasteiger partial charge in [-0.15, -0.1) is 0 Å². The molecule has 0 heterocycles. The summed E-state index contributed by atoms with van der Waals surface area (Å²) in [6.45, 7) is 0. The van der Waals surface area contributed by atoms with Gasteiger partial charge in [0.25, 0.3) is 0 Å². The van der Waals surface area contributed by atoms with Gasteiger partial charge in [-0.2, -0.15) is 0 Å². The molecule has 0 bridgehead atoms. The van der Waals surface area contributed by atoms with Crippen LogP contribution in [-0.4, -0.2) is 10.2 Å². The zero-order valence-electron chi connectivity index (χ0n) is 6.83. The van der Waals surface area contributed by atoms with Gasteiger partial charge in [0, 0.05) is 5.56 Å². The van der Waals surface area contributed by atoms with Crippen molar-refractivity contribution in [3.05, 3.63) is 23.8 Å². The van der Waals surface area contributed by atoms with Gasteiger partial charge >= 0.3 is 0 Å². The normalized spacial score (nSPS) is 17.3. The topological polar surface area (TPSA) is 40.5 Å². The van der Waals surface area contributed by atoms with Crippen molar-refractivity contribution < 1.29 is 10.2 Å². The van der Waals surface area contributed by atoms with Gasteiger partial charge in [-0.1, -0.05) is 18.6 Å². The van der Waals surface area contributed by atoms with Crippen LogP contribution in [0.2, 0.25) is 0 Å². The second-order valence-electron chi connectivity index (χ2n) is 3.34. The Labute approximate surface area is 71.5 Å². The van der Waals surface area contributed by atoms with E-state index < -0.39 is 0 Å². The smallest absolute Gasteiger partial charge is 0.160 e. The predicted molar refractivity (Wildman–Crippen MR) is 46.4 cm³/mol. The first kappa shape index (κ1) is 7.47. The van der Waals surface area contributed by atoms with Crippen molar-refractivity contribution in [3.8, 4) is 11.5 Å². The molecule has 2 nitrogen and oxygen atoms in total. The molecule has 2 rings (SSSR count). The van der Waals surface area contributed by atoms with E-state index in [0.717, 1.165) is 18.4 Å². The largest absolute Gasteiger partial charge is 0.504 e. The zero-order chi connectivity index (χ0) is 8.55. The van der Waals surface area contributed by atoms with Crippen molar-refractivity contribution in [2.24, 2.45) is 0 Å². The highest BCUT2D eigenvalue weighted by molar-refractivity contribution is 5.46. The molecule has 1 aliphatic carbocycles. The average Bonchev–Trinajstić information content (AvgIpc) is 1.95. The van der Waals surface area contributed by atoms with Gasteiger partial charge in [0.1, 0.15) is 0 Å². The molecule has 0 aromatic heterocycles. The molecular formula is C10H12O2. The van der Waals surface area contributed by atoms with Gasteiger partial charge in [-0.05, 0) is 24.8 Å². The number of rotatable bonds is 1. The molecule has 0 spiro atoms. The Morgan fingerprint density at radius 1 is 1.17 bits per heavy atom. The van der Waals surface area contributed by atoms with Crippen LogP contribution < -0.4 is 0 Å². The molecule has 1 aromatic carbocycles. The van der Waals surface area contributed by atoms with E-state index in [2.05, 4.69) is 0 Å². The first-order valence-corrected chi connectivity index (χ1v) is 4.30. The molecule has 1 fully saturated rings. The quantitative estimate of drug-likeness (QED) is 0.625. The third kappa shape index (κ3) is 1.04. The summed E-state index contributed by atoms with van der Waals surface area (Å²) in [7, 11) is 0. The molecule has 0 saturated heterocycles. The van der Waals surface area contributed by atoms with Gasteiger partial charge in [-0.25, -0.2) is 0 Å². The van der Waals surface area contributed by atoms with Gasteiger partial charge in [-0.3, -0.25) is 0 Å². The molecule has 1 aliphatic rings. The Balaban J connectivity index is 2.36. The summed E-state index contributed by atoms with van der Waals surface area (Å²) in [5, 5.41) is 18.7. The molecule has 2 N–H and O–H groups in total. The Morgan fingerprint density at radius 2 is 1.92 bits per heavy atom. The maximum Gasteiger partial charge on any atom is 0.160 e. The lowest BCUT2D eigenvalue weighted by Gasteiger charge is -2.26. The van der Waals surface area contributed by atoms with Crippen molar-refractivity contribution in [2.45, 2.75) is 25.2 Å². The van der Waals surface area contributed by atoms with Gasteiger partial charge in [0.05, 0.1) is 0 Å². The molecule has 0 amide bonds. The van der Waals surface area contributed by atoms with E-state index in [0.29, 0.717) is 5.92 Å². The summed E-state index contributed by atoms with van der Waals surface area (Å²) in [4.78, 5) is 0. The van der Waals surface area contributed by atoms with E-state index in [1.165, 1.54) is 12.5 Å². The van der Waals surface area contributed by atoms with E-state index in [4.69, 9.17) is 0 Å². The van der Waals surface area contributed by atoms with Crippen molar-refractivity contribution in [1.82, 2.24) is 0 Å². The van der Waals surface area contributed by atoms with Crippen molar-refractivity contribution in [1.29, 1.82) is 0 Å². The van der Waals surface area contributed by atoms with Crippen LogP contribution >= 0.6 is 0 Å². The fraction of sp³-hybridized carbons (Fsp3) is 0.400. The summed E-state index contributed by atoms with van der Waals surface area (Å²) in [5.41, 5.74) is 0.904. The molecule has 64 valence electrons. The summed E-state index contributed by atoms with van der Waals surface area (Å²) in [6.07, 6.45) is 3.51. The van der Waals surface area contributed by atoms with Crippen molar-refractivity contribution >= 4 is 0 Å². The lowest BCUT2D eigenvalue weighted by Crippen LogP contribution is -2.08. The Bertz CT molecular complexity index is 290. The number of benzene rings is 1. The standard InChI is InChI=1S/C10H12O2/c11-9-6-2-5-8(10(9)12)7-3-1-4-7/h2,5-7,11-12H,1,3-4H2. The number of hydrogen-bond donors (Lipinski definition) is 2. The average molecular weight is 164 g/mol. The predicted octanol–water partition coefficient (Wildman–Crippen LogP) is 2.37. The Hall–Kier alpha value is -1.18. The number of aromatic hydroxyl groups is 2. The van der Waals surface area contributed by atoms with Crippen LogP contribution in [0.3, 0.4) is 0 Å². The third-order valence-corrected chi connectivity index (χ3v) is 2.59. The minimum atomic E-state index is -0.000556. The van der Waals surface area contributed by atoms with E-state index in [9.17, 15) is 10.2 Å². The molecule has 1 aromatic rings. The number of phenolic OH excluding ortho intramolecular Hbond substituents is 2. The van der Waals surface area contributed by atoms with Gasteiger partial charge in [0.2, 0.25) is 0 Å². The van der Waals surface area contributed by atoms with E-state index in [1.807, 2.05) is 6.07 Å². The molecule has 12 heavy (non-hydrogen) atoms. The van der Waals surface area contributed by atoms with Gasteiger partial charge in [0.15, 0.2) is 11.5 Å². The highest BCUT2D eigenvalue weighted by Gasteiger charge is 2.22. The lowest BCUT2D eigenvalue weighted by molar-refractivity contribution is 0.369. The minimum absolute atomic E-state index is 0.000556. The van der Waals surface area contributed by atoms with Crippen LogP contribution in [-0.2, 0) is 0 Å². The molecule has 1 saturated carbocycles. The molecule has 0 radical (unpaired) electrons. The number of para-hydroxylation sites is 1. The second kappa shape index (κ2) is 2.70. The lowest BCUT2D eigenvalue weighted by atomic mass is 9.79. The molecule has 0 unspecified atom stereocenters. The summed E-state index contributed by atoms with van der Waals surface area (Å²) >= 11 is 0. The highest BCUT2D eigenvalue weighted by atomic mass is 16.3. The molecule has 2 heteroatoms. The number of hydrogen-bond acceptors (Lipinski definition) is 2. The van der Waals surface area contributed by atoms with E-state index in [-0.39, 0.29) is 11.5 Å². The third-order valence-electron chi connectivity index (χ3n) is 2.59. The second-order valence-corrected chi connectivity index (χ2v) is 3.34. The van der Waals surface area contributed by atoms with E-state index >= 15 is 0 Å². The van der Waals surface area contributed by atoms with Crippen LogP contribution in [0.4, 0.5) is 0 Å². The minimum Gasteiger partial charge on any atom is -0.504 e. The van der Waals surface area contributed by atoms with Crippen molar-refractivity contribution in [3.63, 3.8) is 0 Å². The molecule has 0 atom stereocenters. The summed E-state index contributed by atoms with van der Waals surface area (Å²) in [5.74, 6) is 0.540. The Morgan fingerprint density at radius 3 is 2.50 bits per heavy atom. The van der Waals surface area contributed by atoms with E-state index in [1.54, 1.807) is 6.07 Å². The zero-order valence-corrected chi connectivity index (χ0v) is 6.83. The van der Waals surface area contributed by atoms with Crippen LogP contribution in [0.15, 0.2) is 18.2 Å². The fourth-order valence-corrected chi connectivity index (χ4v) is 1.60. The fourth-order valence-electron chi connectivity index (χ4n) is 1.60. The SMILES string of the molecule is Oc1cccc(C2CCC2)c1O. The first-order chi connectivity index (χ1) is 5.79. The summed E-state index contributed by atoms with van der Waals surface area (Å²) in [6, 6.07) is 5.18. The van der Waals surface area contributed by atoms with Crippen LogP contribution in [0.5, 0.6) is 11.5 Å². The first-order valence-electron chi connectivity index (χ1n) is 4.30. The van der Waals surface area contributed by atoms with Gasteiger partial charge < -0.3 is 10.2 Å². The van der Waals surface area contributed by atoms with Crippen LogP contribution in [0.25, 0.3) is 0 Å². The summed E-state index contributed by atoms with van der Waals surface area (Å²) < 4.78 is 0. The maximum absolute atomic E-state index is 9.48. The molecular weight excluding hydrogens is 152 g/mol.